The number of hydrogen-bond acceptors (Lipinski definition) is 0. The highest BCUT2D eigenvalue weighted by Gasteiger charge is 2.35. The summed E-state index contributed by atoms with van der Waals surface area (Å²) in [5.41, 5.74) is 1.89. The van der Waals surface area contributed by atoms with Crippen molar-refractivity contribution in [3.63, 3.8) is 0 Å². The third-order valence-corrected chi connectivity index (χ3v) is 7.02. The minimum absolute atomic E-state index is 0.0544. The molecule has 2 aromatic carbocycles. The van der Waals surface area contributed by atoms with E-state index in [2.05, 4.69) is 24.5 Å². The highest BCUT2D eigenvalue weighted by molar-refractivity contribution is 6.30. The fraction of sp³-hybridized carbons (Fsp3) is 0.385. The second-order valence-electron chi connectivity index (χ2n) is 8.46. The van der Waals surface area contributed by atoms with E-state index < -0.39 is 5.82 Å². The average molecular weight is 411 g/mol. The van der Waals surface area contributed by atoms with Gasteiger partial charge in [-0.15, -0.1) is 6.58 Å². The van der Waals surface area contributed by atoms with E-state index in [9.17, 15) is 8.78 Å². The summed E-state index contributed by atoms with van der Waals surface area (Å²) >= 11 is 5.68. The van der Waals surface area contributed by atoms with Crippen molar-refractivity contribution in [1.82, 2.24) is 0 Å². The molecule has 4 atom stereocenters. The van der Waals surface area contributed by atoms with E-state index in [1.165, 1.54) is 37.8 Å². The molecular weight excluding hydrogens is 386 g/mol. The lowest BCUT2D eigenvalue weighted by Crippen LogP contribution is -2.30. The van der Waals surface area contributed by atoms with Gasteiger partial charge in [-0.3, -0.25) is 0 Å². The highest BCUT2D eigenvalue weighted by Crippen LogP contribution is 2.47. The molecule has 4 unspecified atom stereocenters. The Bertz CT molecular complexity index is 968. The summed E-state index contributed by atoms with van der Waals surface area (Å²) in [7, 11) is 0. The summed E-state index contributed by atoms with van der Waals surface area (Å²) in [6, 6.07) is 9.76. The van der Waals surface area contributed by atoms with Gasteiger partial charge in [0.15, 0.2) is 0 Å². The minimum atomic E-state index is -0.521. The summed E-state index contributed by atoms with van der Waals surface area (Å²) < 4.78 is 28.2. The first kappa shape index (κ1) is 20.2. The molecule has 0 heterocycles. The standard InChI is InChI=1S/C26H25ClF2/c1-2-17-3-7-21-15-22(11-10-20(21)13-17)23-9-8-19(25(28)16-23)6-4-18-5-12-24(27)26(29)14-18/h2,5,8-9,12,14,16-17,20-22H,1,3,7,10-11,13,15H2. The Hall–Kier alpha value is -2.11. The van der Waals surface area contributed by atoms with Gasteiger partial charge < -0.3 is 0 Å². The molecule has 4 rings (SSSR count). The van der Waals surface area contributed by atoms with Crippen molar-refractivity contribution in [2.45, 2.75) is 44.4 Å². The van der Waals surface area contributed by atoms with E-state index in [0.29, 0.717) is 23.0 Å². The van der Waals surface area contributed by atoms with Crippen LogP contribution in [0.2, 0.25) is 5.02 Å². The van der Waals surface area contributed by atoms with E-state index >= 15 is 0 Å². The molecule has 2 fully saturated rings. The van der Waals surface area contributed by atoms with Crippen LogP contribution in [0.1, 0.15) is 61.1 Å². The van der Waals surface area contributed by atoms with Gasteiger partial charge in [0, 0.05) is 5.56 Å². The SMILES string of the molecule is C=CC1CCC2CC(c3ccc(C#Cc4ccc(Cl)c(F)c4)c(F)c3)CCC2C1. The fourth-order valence-electron chi connectivity index (χ4n) is 5.04. The molecule has 2 saturated carbocycles. The third kappa shape index (κ3) is 4.57. The molecule has 0 aliphatic heterocycles. The zero-order chi connectivity index (χ0) is 20.4. The van der Waals surface area contributed by atoms with Crippen LogP contribution in [0, 0.1) is 41.2 Å². The largest absolute Gasteiger partial charge is 0.206 e. The normalized spacial score (nSPS) is 26.2. The van der Waals surface area contributed by atoms with Crippen molar-refractivity contribution in [2.75, 3.05) is 0 Å². The monoisotopic (exact) mass is 410 g/mol. The van der Waals surface area contributed by atoms with Gasteiger partial charge in [0.2, 0.25) is 0 Å². The molecule has 3 heteroatoms. The summed E-state index contributed by atoms with van der Waals surface area (Å²) in [5, 5.41) is 0.0544. The van der Waals surface area contributed by atoms with Crippen LogP contribution < -0.4 is 0 Å². The Morgan fingerprint density at radius 2 is 1.69 bits per heavy atom. The van der Waals surface area contributed by atoms with Crippen molar-refractivity contribution < 1.29 is 8.78 Å². The van der Waals surface area contributed by atoms with E-state index in [4.69, 9.17) is 11.6 Å². The van der Waals surface area contributed by atoms with Crippen LogP contribution in [0.15, 0.2) is 49.1 Å². The topological polar surface area (TPSA) is 0 Å². The molecule has 2 aliphatic carbocycles. The lowest BCUT2D eigenvalue weighted by Gasteiger charge is -2.41. The minimum Gasteiger partial charge on any atom is -0.206 e. The molecule has 150 valence electrons. The summed E-state index contributed by atoms with van der Waals surface area (Å²) in [4.78, 5) is 0. The lowest BCUT2D eigenvalue weighted by atomic mass is 9.64. The first-order valence-electron chi connectivity index (χ1n) is 10.4. The summed E-state index contributed by atoms with van der Waals surface area (Å²) in [6.45, 7) is 3.97. The van der Waals surface area contributed by atoms with E-state index in [0.717, 1.165) is 30.2 Å². The average Bonchev–Trinajstić information content (AvgIpc) is 2.74. The molecule has 0 bridgehead atoms. The lowest BCUT2D eigenvalue weighted by molar-refractivity contribution is 0.133. The van der Waals surface area contributed by atoms with Crippen LogP contribution in [0.5, 0.6) is 0 Å². The molecule has 0 N–H and O–H groups in total. The first-order chi connectivity index (χ1) is 14.0. The van der Waals surface area contributed by atoms with Gasteiger partial charge in [0.05, 0.1) is 10.6 Å². The van der Waals surface area contributed by atoms with Crippen LogP contribution in [0.3, 0.4) is 0 Å². The molecule has 0 aromatic heterocycles. The van der Waals surface area contributed by atoms with Gasteiger partial charge >= 0.3 is 0 Å². The van der Waals surface area contributed by atoms with Crippen molar-refractivity contribution >= 4 is 11.6 Å². The Balaban J connectivity index is 1.46. The third-order valence-electron chi connectivity index (χ3n) is 6.71. The molecule has 2 aliphatic rings. The number of fused-ring (bicyclic) bond motifs is 1. The first-order valence-corrected chi connectivity index (χ1v) is 10.8. The predicted molar refractivity (Wildman–Crippen MR) is 115 cm³/mol. The van der Waals surface area contributed by atoms with Gasteiger partial charge in [0.1, 0.15) is 11.6 Å². The van der Waals surface area contributed by atoms with Gasteiger partial charge in [-0.25, -0.2) is 8.78 Å². The Morgan fingerprint density at radius 3 is 2.45 bits per heavy atom. The second kappa shape index (κ2) is 8.72. The number of halogens is 3. The number of rotatable bonds is 2. The van der Waals surface area contributed by atoms with Gasteiger partial charge in [-0.05, 0) is 98.1 Å². The molecular formula is C26H25ClF2. The maximum Gasteiger partial charge on any atom is 0.143 e. The summed E-state index contributed by atoms with van der Waals surface area (Å²) in [6.07, 6.45) is 9.41. The fourth-order valence-corrected chi connectivity index (χ4v) is 5.16. The van der Waals surface area contributed by atoms with Crippen LogP contribution in [0.4, 0.5) is 8.78 Å². The molecule has 2 aromatic rings. The Morgan fingerprint density at radius 1 is 0.897 bits per heavy atom. The molecule has 0 spiro atoms. The van der Waals surface area contributed by atoms with E-state index in [1.807, 2.05) is 6.07 Å². The zero-order valence-electron chi connectivity index (χ0n) is 16.4. The van der Waals surface area contributed by atoms with Gasteiger partial charge in [0.25, 0.3) is 0 Å². The summed E-state index contributed by atoms with van der Waals surface area (Å²) in [5.74, 6) is 7.48. The van der Waals surface area contributed by atoms with E-state index in [1.54, 1.807) is 18.2 Å². The molecule has 0 saturated heterocycles. The smallest absolute Gasteiger partial charge is 0.143 e. The maximum atomic E-state index is 14.7. The van der Waals surface area contributed by atoms with E-state index in [-0.39, 0.29) is 10.8 Å². The van der Waals surface area contributed by atoms with Crippen molar-refractivity contribution in [3.8, 4) is 11.8 Å². The van der Waals surface area contributed by atoms with Gasteiger partial charge in [-0.1, -0.05) is 35.6 Å². The Labute approximate surface area is 177 Å². The van der Waals surface area contributed by atoms with Gasteiger partial charge in [-0.2, -0.15) is 0 Å². The van der Waals surface area contributed by atoms with Crippen LogP contribution in [0.25, 0.3) is 0 Å². The quantitative estimate of drug-likeness (QED) is 0.355. The maximum absolute atomic E-state index is 14.7. The van der Waals surface area contributed by atoms with Crippen LogP contribution >= 0.6 is 11.6 Å². The predicted octanol–water partition coefficient (Wildman–Crippen LogP) is 7.50. The molecule has 0 amide bonds. The molecule has 29 heavy (non-hydrogen) atoms. The molecule has 0 nitrogen and oxygen atoms in total. The number of benzene rings is 2. The van der Waals surface area contributed by atoms with Crippen molar-refractivity contribution in [2.24, 2.45) is 17.8 Å². The van der Waals surface area contributed by atoms with Crippen LogP contribution in [-0.2, 0) is 0 Å². The zero-order valence-corrected chi connectivity index (χ0v) is 17.2. The highest BCUT2D eigenvalue weighted by atomic mass is 35.5. The Kier molecular flexibility index (Phi) is 6.07. The van der Waals surface area contributed by atoms with Crippen molar-refractivity contribution in [3.05, 3.63) is 82.4 Å². The number of allylic oxidation sites excluding steroid dienone is 1. The number of hydrogen-bond donors (Lipinski definition) is 0. The molecule has 0 radical (unpaired) electrons. The van der Waals surface area contributed by atoms with Crippen molar-refractivity contribution in [1.29, 1.82) is 0 Å². The second-order valence-corrected chi connectivity index (χ2v) is 8.86. The van der Waals surface area contributed by atoms with Crippen LogP contribution in [-0.4, -0.2) is 0 Å².